The van der Waals surface area contributed by atoms with E-state index in [0.717, 1.165) is 22.8 Å². The molecular formula is C21H23N2O3+. The van der Waals surface area contributed by atoms with E-state index in [4.69, 9.17) is 9.15 Å². The Morgan fingerprint density at radius 3 is 2.54 bits per heavy atom. The molecule has 0 spiro atoms. The summed E-state index contributed by atoms with van der Waals surface area (Å²) in [5.41, 5.74) is 1.87. The lowest BCUT2D eigenvalue weighted by atomic mass is 10.2. The van der Waals surface area contributed by atoms with Gasteiger partial charge in [0.1, 0.15) is 18.4 Å². The summed E-state index contributed by atoms with van der Waals surface area (Å²) >= 11 is 0. The van der Waals surface area contributed by atoms with Crippen LogP contribution in [0.3, 0.4) is 0 Å². The van der Waals surface area contributed by atoms with Crippen molar-refractivity contribution in [3.05, 3.63) is 84.3 Å². The van der Waals surface area contributed by atoms with Crippen molar-refractivity contribution in [3.8, 4) is 5.75 Å². The van der Waals surface area contributed by atoms with Gasteiger partial charge >= 0.3 is 0 Å². The zero-order chi connectivity index (χ0) is 18.2. The number of ether oxygens (including phenoxy) is 1. The molecule has 5 nitrogen and oxygen atoms in total. The molecule has 134 valence electrons. The van der Waals surface area contributed by atoms with Crippen LogP contribution in [-0.4, -0.2) is 12.5 Å². The first kappa shape index (κ1) is 17.8. The summed E-state index contributed by atoms with van der Waals surface area (Å²) in [5.74, 6) is 1.57. The highest BCUT2D eigenvalue weighted by molar-refractivity contribution is 5.91. The van der Waals surface area contributed by atoms with Crippen LogP contribution in [0.1, 0.15) is 24.3 Å². The second-order valence-corrected chi connectivity index (χ2v) is 6.09. The van der Waals surface area contributed by atoms with Gasteiger partial charge in [-0.3, -0.25) is 4.79 Å². The van der Waals surface area contributed by atoms with E-state index in [-0.39, 0.29) is 11.9 Å². The molecule has 0 unspecified atom stereocenters. The monoisotopic (exact) mass is 351 g/mol. The molecule has 3 aromatic rings. The number of hydrogen-bond acceptors (Lipinski definition) is 3. The SMILES string of the molecule is C[C@H]([NH2+]CC(=O)Nc1ccc(OCc2ccccc2)cc1)c1ccco1. The number of benzene rings is 2. The second kappa shape index (κ2) is 8.87. The van der Waals surface area contributed by atoms with E-state index in [0.29, 0.717) is 13.2 Å². The first-order chi connectivity index (χ1) is 12.7. The third kappa shape index (κ3) is 5.22. The number of nitrogens with one attached hydrogen (secondary N) is 1. The lowest BCUT2D eigenvalue weighted by molar-refractivity contribution is -0.684. The molecule has 1 heterocycles. The fourth-order valence-corrected chi connectivity index (χ4v) is 2.54. The number of rotatable bonds is 8. The van der Waals surface area contributed by atoms with E-state index in [1.165, 1.54) is 0 Å². The van der Waals surface area contributed by atoms with Gasteiger partial charge in [0.15, 0.2) is 12.3 Å². The molecule has 26 heavy (non-hydrogen) atoms. The lowest BCUT2D eigenvalue weighted by Crippen LogP contribution is -2.86. The maximum atomic E-state index is 12.1. The van der Waals surface area contributed by atoms with E-state index in [9.17, 15) is 4.79 Å². The Morgan fingerprint density at radius 1 is 1.08 bits per heavy atom. The quantitative estimate of drug-likeness (QED) is 0.655. The number of anilines is 1. The molecule has 0 saturated carbocycles. The Balaban J connectivity index is 1.44. The largest absolute Gasteiger partial charge is 0.489 e. The van der Waals surface area contributed by atoms with Crippen molar-refractivity contribution in [1.82, 2.24) is 0 Å². The predicted octanol–water partition coefficient (Wildman–Crippen LogP) is 3.12. The van der Waals surface area contributed by atoms with Crippen LogP contribution in [0.2, 0.25) is 0 Å². The molecular weight excluding hydrogens is 328 g/mol. The second-order valence-electron chi connectivity index (χ2n) is 6.09. The third-order valence-electron chi connectivity index (χ3n) is 4.04. The molecule has 3 rings (SSSR count). The molecule has 1 amide bonds. The van der Waals surface area contributed by atoms with Crippen LogP contribution < -0.4 is 15.4 Å². The summed E-state index contributed by atoms with van der Waals surface area (Å²) in [6, 6.07) is 21.3. The fourth-order valence-electron chi connectivity index (χ4n) is 2.54. The minimum Gasteiger partial charge on any atom is -0.489 e. The predicted molar refractivity (Wildman–Crippen MR) is 99.8 cm³/mol. The smallest absolute Gasteiger partial charge is 0.279 e. The zero-order valence-electron chi connectivity index (χ0n) is 14.7. The van der Waals surface area contributed by atoms with E-state index < -0.39 is 0 Å². The molecule has 5 heteroatoms. The number of carbonyl (C=O) groups excluding carboxylic acids is 1. The van der Waals surface area contributed by atoms with Gasteiger partial charge in [-0.25, -0.2) is 0 Å². The molecule has 0 aliphatic heterocycles. The molecule has 2 aromatic carbocycles. The number of carbonyl (C=O) groups is 1. The minimum absolute atomic E-state index is 0.0543. The summed E-state index contributed by atoms with van der Waals surface area (Å²) in [6.07, 6.45) is 1.64. The zero-order valence-corrected chi connectivity index (χ0v) is 14.7. The van der Waals surface area contributed by atoms with Gasteiger partial charge in [0.2, 0.25) is 0 Å². The highest BCUT2D eigenvalue weighted by Gasteiger charge is 2.13. The third-order valence-corrected chi connectivity index (χ3v) is 4.04. The lowest BCUT2D eigenvalue weighted by Gasteiger charge is -2.10. The highest BCUT2D eigenvalue weighted by atomic mass is 16.5. The number of quaternary nitrogens is 1. The van der Waals surface area contributed by atoms with E-state index in [1.54, 1.807) is 6.26 Å². The van der Waals surface area contributed by atoms with Gasteiger partial charge in [0.05, 0.1) is 6.26 Å². The average molecular weight is 351 g/mol. The molecule has 0 aliphatic carbocycles. The molecule has 0 saturated heterocycles. The van der Waals surface area contributed by atoms with Crippen LogP contribution in [0.25, 0.3) is 0 Å². The fraction of sp³-hybridized carbons (Fsp3) is 0.190. The van der Waals surface area contributed by atoms with Crippen LogP contribution in [0.5, 0.6) is 5.75 Å². The summed E-state index contributed by atoms with van der Waals surface area (Å²) < 4.78 is 11.1. The molecule has 3 N–H and O–H groups in total. The van der Waals surface area contributed by atoms with E-state index >= 15 is 0 Å². The van der Waals surface area contributed by atoms with E-state index in [2.05, 4.69) is 5.32 Å². The van der Waals surface area contributed by atoms with Crippen LogP contribution in [-0.2, 0) is 11.4 Å². The maximum absolute atomic E-state index is 12.1. The summed E-state index contributed by atoms with van der Waals surface area (Å²) in [4.78, 5) is 12.1. The van der Waals surface area contributed by atoms with E-state index in [1.807, 2.05) is 79.0 Å². The van der Waals surface area contributed by atoms with Crippen molar-refractivity contribution in [2.75, 3.05) is 11.9 Å². The Kier molecular flexibility index (Phi) is 6.06. The number of nitrogens with two attached hydrogens (primary N) is 1. The first-order valence-electron chi connectivity index (χ1n) is 8.64. The van der Waals surface area contributed by atoms with Crippen molar-refractivity contribution in [2.24, 2.45) is 0 Å². The van der Waals surface area contributed by atoms with Crippen molar-refractivity contribution in [1.29, 1.82) is 0 Å². The molecule has 0 fully saturated rings. The first-order valence-corrected chi connectivity index (χ1v) is 8.64. The topological polar surface area (TPSA) is 68.1 Å². The summed E-state index contributed by atoms with van der Waals surface area (Å²) in [7, 11) is 0. The van der Waals surface area contributed by atoms with Crippen molar-refractivity contribution in [3.63, 3.8) is 0 Å². The molecule has 0 aliphatic rings. The average Bonchev–Trinajstić information content (AvgIpc) is 3.21. The van der Waals surface area contributed by atoms with Gasteiger partial charge in [0.25, 0.3) is 5.91 Å². The maximum Gasteiger partial charge on any atom is 0.279 e. The van der Waals surface area contributed by atoms with Crippen molar-refractivity contribution in [2.45, 2.75) is 19.6 Å². The normalized spacial score (nSPS) is 11.7. The Hall–Kier alpha value is -3.05. The number of hydrogen-bond donors (Lipinski definition) is 2. The molecule has 1 aromatic heterocycles. The summed E-state index contributed by atoms with van der Waals surface area (Å²) in [5, 5.41) is 4.82. The van der Waals surface area contributed by atoms with Gasteiger partial charge in [-0.2, -0.15) is 0 Å². The molecule has 0 radical (unpaired) electrons. The Bertz CT molecular complexity index is 799. The summed E-state index contributed by atoms with van der Waals surface area (Å²) in [6.45, 7) is 2.85. The van der Waals surface area contributed by atoms with Gasteiger partial charge in [-0.1, -0.05) is 30.3 Å². The highest BCUT2D eigenvalue weighted by Crippen LogP contribution is 2.17. The standard InChI is InChI=1S/C21H22N2O3/c1-16(20-8-5-13-25-20)22-14-21(24)23-18-9-11-19(12-10-18)26-15-17-6-3-2-4-7-17/h2-13,16,22H,14-15H2,1H3,(H,23,24)/p+1/t16-/m0/s1. The molecule has 1 atom stereocenters. The van der Waals surface area contributed by atoms with Crippen LogP contribution in [0.15, 0.2) is 77.4 Å². The van der Waals surface area contributed by atoms with Gasteiger partial charge in [-0.05, 0) is 48.9 Å². The van der Waals surface area contributed by atoms with Crippen LogP contribution in [0.4, 0.5) is 5.69 Å². The Morgan fingerprint density at radius 2 is 1.85 bits per heavy atom. The molecule has 0 bridgehead atoms. The van der Waals surface area contributed by atoms with Crippen LogP contribution >= 0.6 is 0 Å². The van der Waals surface area contributed by atoms with Crippen LogP contribution in [0, 0.1) is 0 Å². The van der Waals surface area contributed by atoms with Gasteiger partial charge in [-0.15, -0.1) is 0 Å². The number of furan rings is 1. The van der Waals surface area contributed by atoms with Gasteiger partial charge < -0.3 is 19.8 Å². The van der Waals surface area contributed by atoms with Crippen molar-refractivity contribution < 1.29 is 19.3 Å². The van der Waals surface area contributed by atoms with Gasteiger partial charge in [0, 0.05) is 5.69 Å². The van der Waals surface area contributed by atoms with Crippen molar-refractivity contribution >= 4 is 11.6 Å². The number of amides is 1. The Labute approximate surface area is 153 Å². The minimum atomic E-state index is -0.0543.